The van der Waals surface area contributed by atoms with Crippen LogP contribution in [0.15, 0.2) is 70.9 Å². The first-order valence-electron chi connectivity index (χ1n) is 12.2. The maximum absolute atomic E-state index is 15.2. The minimum atomic E-state index is -4.59. The van der Waals surface area contributed by atoms with Gasteiger partial charge >= 0.3 is 6.18 Å². The summed E-state index contributed by atoms with van der Waals surface area (Å²) in [5.41, 5.74) is -0.732. The second-order valence-corrected chi connectivity index (χ2v) is 12.0. The first-order chi connectivity index (χ1) is 18.1. The number of benzene rings is 1. The van der Waals surface area contributed by atoms with Gasteiger partial charge in [0.1, 0.15) is 16.4 Å². The number of para-hydroxylation sites is 1. The van der Waals surface area contributed by atoms with Crippen LogP contribution in [0.25, 0.3) is 6.08 Å². The number of nitrogens with one attached hydrogen (secondary N) is 2. The van der Waals surface area contributed by atoms with Crippen LogP contribution < -0.4 is 10.6 Å². The Morgan fingerprint density at radius 3 is 2.38 bits per heavy atom. The largest absolute Gasteiger partial charge is 0.433 e. The molecule has 1 aromatic carbocycles. The minimum absolute atomic E-state index is 0.0342. The third-order valence-electron chi connectivity index (χ3n) is 6.00. The van der Waals surface area contributed by atoms with E-state index in [1.807, 2.05) is 13.8 Å². The number of carbonyl (C=O) groups excluding carboxylic acids is 1. The topological polar surface area (TPSA) is 88.2 Å². The molecular weight excluding hydrogens is 534 g/mol. The van der Waals surface area contributed by atoms with Crippen LogP contribution >= 0.6 is 0 Å². The molecule has 0 saturated heterocycles. The molecule has 1 atom stereocenters. The molecule has 39 heavy (non-hydrogen) atoms. The maximum Gasteiger partial charge on any atom is 0.433 e. The van der Waals surface area contributed by atoms with Crippen LogP contribution in [0.5, 0.6) is 0 Å². The highest BCUT2D eigenvalue weighted by Crippen LogP contribution is 2.37. The molecule has 0 radical (unpaired) electrons. The van der Waals surface area contributed by atoms with E-state index in [2.05, 4.69) is 15.6 Å². The molecule has 210 valence electrons. The molecule has 1 unspecified atom stereocenters. The van der Waals surface area contributed by atoms with Crippen LogP contribution in [0.3, 0.4) is 0 Å². The van der Waals surface area contributed by atoms with Crippen molar-refractivity contribution in [3.63, 3.8) is 0 Å². The zero-order valence-corrected chi connectivity index (χ0v) is 22.9. The van der Waals surface area contributed by atoms with E-state index in [9.17, 15) is 26.4 Å². The molecule has 6 nitrogen and oxygen atoms in total. The van der Waals surface area contributed by atoms with Crippen LogP contribution in [0.4, 0.5) is 23.2 Å². The smallest absolute Gasteiger partial charge is 0.374 e. The van der Waals surface area contributed by atoms with Crippen LogP contribution in [-0.2, 0) is 27.2 Å². The molecule has 11 heteroatoms. The van der Waals surface area contributed by atoms with Crippen LogP contribution in [0, 0.1) is 5.92 Å². The number of anilines is 1. The fourth-order valence-corrected chi connectivity index (χ4v) is 5.60. The lowest BCUT2D eigenvalue weighted by atomic mass is 9.86. The van der Waals surface area contributed by atoms with Gasteiger partial charge in [0.25, 0.3) is 0 Å². The van der Waals surface area contributed by atoms with Crippen molar-refractivity contribution in [2.45, 2.75) is 45.3 Å². The molecule has 0 saturated carbocycles. The molecule has 3 rings (SSSR count). The summed E-state index contributed by atoms with van der Waals surface area (Å²) in [6.45, 7) is 5.09. The highest BCUT2D eigenvalue weighted by molar-refractivity contribution is 7.94. The summed E-state index contributed by atoms with van der Waals surface area (Å²) in [7, 11) is -3.81. The third kappa shape index (κ3) is 8.01. The van der Waals surface area contributed by atoms with E-state index in [-0.39, 0.29) is 41.5 Å². The Hall–Kier alpha value is -3.47. The first-order valence-corrected chi connectivity index (χ1v) is 14.1. The van der Waals surface area contributed by atoms with E-state index in [1.165, 1.54) is 25.1 Å². The molecule has 1 aromatic heterocycles. The van der Waals surface area contributed by atoms with Crippen LogP contribution in [0.2, 0.25) is 0 Å². The first kappa shape index (κ1) is 30.1. The number of pyridine rings is 1. The quantitative estimate of drug-likeness (QED) is 0.294. The van der Waals surface area contributed by atoms with Crippen molar-refractivity contribution in [2.75, 3.05) is 18.1 Å². The van der Waals surface area contributed by atoms with E-state index in [4.69, 9.17) is 0 Å². The molecule has 1 aliphatic carbocycles. The number of rotatable bonds is 9. The molecular formula is C28H31F4N3O3S. The number of carbonyl (C=O) groups is 1. The van der Waals surface area contributed by atoms with Gasteiger partial charge in [-0.25, -0.2) is 17.8 Å². The van der Waals surface area contributed by atoms with Gasteiger partial charge in [-0.05, 0) is 54.7 Å². The predicted molar refractivity (Wildman–Crippen MR) is 144 cm³/mol. The summed E-state index contributed by atoms with van der Waals surface area (Å²) in [6.07, 6.45) is 0.467. The Morgan fingerprint density at radius 1 is 1.15 bits per heavy atom. The number of aromatic nitrogens is 1. The van der Waals surface area contributed by atoms with Crippen molar-refractivity contribution in [3.8, 4) is 0 Å². The van der Waals surface area contributed by atoms with Gasteiger partial charge in [-0.2, -0.15) is 13.2 Å². The zero-order valence-electron chi connectivity index (χ0n) is 22.1. The molecule has 1 aliphatic rings. The highest BCUT2D eigenvalue weighted by Gasteiger charge is 2.37. The molecule has 2 aromatic rings. The van der Waals surface area contributed by atoms with Gasteiger partial charge in [-0.15, -0.1) is 0 Å². The van der Waals surface area contributed by atoms with E-state index >= 15 is 4.39 Å². The average Bonchev–Trinajstić information content (AvgIpc) is 2.80. The molecule has 0 aliphatic heterocycles. The number of nitrogens with zero attached hydrogens (tertiary/aromatic N) is 1. The van der Waals surface area contributed by atoms with Crippen molar-refractivity contribution in [1.82, 2.24) is 10.3 Å². The van der Waals surface area contributed by atoms with Gasteiger partial charge in [-0.3, -0.25) is 4.79 Å². The van der Waals surface area contributed by atoms with Crippen molar-refractivity contribution < 1.29 is 30.8 Å². The van der Waals surface area contributed by atoms with Gasteiger partial charge in [-0.1, -0.05) is 44.2 Å². The Balaban J connectivity index is 1.85. The lowest BCUT2D eigenvalue weighted by Crippen LogP contribution is -2.49. The molecule has 1 amide bonds. The predicted octanol–water partition coefficient (Wildman–Crippen LogP) is 5.85. The van der Waals surface area contributed by atoms with E-state index in [1.54, 1.807) is 36.4 Å². The molecule has 0 bridgehead atoms. The van der Waals surface area contributed by atoms with Gasteiger partial charge < -0.3 is 10.6 Å². The Kier molecular flexibility index (Phi) is 9.05. The Labute approximate surface area is 225 Å². The number of sulfone groups is 1. The Morgan fingerprint density at radius 2 is 1.82 bits per heavy atom. The standard InChI is InChI=1S/C28H31F4N3O3S/c1-18(2)14-23-20(10-12-24(34-23)28(30,31)32)11-13-25(36)33-17-27(35-21-8-6-5-7-9-21)15-19(3)26(22(29)16-27)39(4,37)38/h5-13,15,18,35H,14,16-17H2,1-4H3,(H,33,36). The number of hydrogen-bond acceptors (Lipinski definition) is 5. The molecule has 0 spiro atoms. The van der Waals surface area contributed by atoms with Crippen LogP contribution in [-0.4, -0.2) is 37.6 Å². The summed E-state index contributed by atoms with van der Waals surface area (Å²) in [5.74, 6) is -1.35. The number of amides is 1. The second-order valence-electron chi connectivity index (χ2n) is 10.0. The maximum atomic E-state index is 15.2. The van der Waals surface area contributed by atoms with E-state index < -0.39 is 39.0 Å². The van der Waals surface area contributed by atoms with Crippen molar-refractivity contribution >= 4 is 27.5 Å². The fourth-order valence-electron chi connectivity index (χ4n) is 4.48. The second kappa shape index (κ2) is 11.7. The lowest BCUT2D eigenvalue weighted by molar-refractivity contribution is -0.141. The van der Waals surface area contributed by atoms with E-state index in [0.29, 0.717) is 11.3 Å². The summed E-state index contributed by atoms with van der Waals surface area (Å²) < 4.78 is 78.9. The minimum Gasteiger partial charge on any atom is -0.374 e. The van der Waals surface area contributed by atoms with Crippen molar-refractivity contribution in [2.24, 2.45) is 5.92 Å². The number of alkyl halides is 3. The summed E-state index contributed by atoms with van der Waals surface area (Å²) >= 11 is 0. The molecule has 0 fully saturated rings. The van der Waals surface area contributed by atoms with Crippen molar-refractivity contribution in [1.29, 1.82) is 0 Å². The lowest BCUT2D eigenvalue weighted by Gasteiger charge is -2.36. The number of halogens is 4. The normalized spacial score (nSPS) is 18.4. The summed E-state index contributed by atoms with van der Waals surface area (Å²) in [6, 6.07) is 11.0. The molecule has 2 N–H and O–H groups in total. The zero-order chi connectivity index (χ0) is 29.0. The van der Waals surface area contributed by atoms with E-state index in [0.717, 1.165) is 12.3 Å². The highest BCUT2D eigenvalue weighted by atomic mass is 32.2. The van der Waals surface area contributed by atoms with Gasteiger partial charge in [0.15, 0.2) is 9.84 Å². The molecule has 1 heterocycles. The SMILES string of the molecule is CC1=CC(CNC(=O)C=Cc2ccc(C(F)(F)F)nc2CC(C)C)(Nc2ccccc2)CC(F)=C1S(C)(=O)=O. The van der Waals surface area contributed by atoms with Gasteiger partial charge in [0.2, 0.25) is 5.91 Å². The average molecular weight is 566 g/mol. The monoisotopic (exact) mass is 565 g/mol. The summed E-state index contributed by atoms with van der Waals surface area (Å²) in [5, 5.41) is 5.91. The summed E-state index contributed by atoms with van der Waals surface area (Å²) in [4.78, 5) is 16.1. The van der Waals surface area contributed by atoms with Crippen molar-refractivity contribution in [3.05, 3.63) is 87.9 Å². The third-order valence-corrected chi connectivity index (χ3v) is 7.28. The fraction of sp³-hybridized carbons (Fsp3) is 0.357. The Bertz CT molecular complexity index is 1420. The van der Waals surface area contributed by atoms with Gasteiger partial charge in [0.05, 0.1) is 5.54 Å². The number of hydrogen-bond donors (Lipinski definition) is 2. The van der Waals surface area contributed by atoms with Gasteiger partial charge in [0, 0.05) is 36.7 Å². The van der Waals surface area contributed by atoms with Crippen LogP contribution in [0.1, 0.15) is 44.1 Å². The number of allylic oxidation sites excluding steroid dienone is 1.